The second-order valence-electron chi connectivity index (χ2n) is 8.65. The standard InChI is InChI=1S/C26H36N4O3/c1-21(2)12-18-33-24-10-9-22(19-25(24)32-3)20-27-28-26(31)11-13-29-14-16-30(17-15-29)23-7-5-4-6-8-23/h4-10,19-21H,11-18H2,1-3H3,(H,28,31)/b27-20-. The number of piperazine rings is 1. The van der Waals surface area contributed by atoms with E-state index in [1.807, 2.05) is 24.3 Å². The van der Waals surface area contributed by atoms with Crippen molar-refractivity contribution in [1.82, 2.24) is 10.3 Å². The third-order valence-electron chi connectivity index (χ3n) is 5.69. The molecule has 1 fully saturated rings. The minimum atomic E-state index is -0.0858. The van der Waals surface area contributed by atoms with Crippen LogP contribution in [-0.4, -0.2) is 63.5 Å². The van der Waals surface area contributed by atoms with Gasteiger partial charge in [-0.1, -0.05) is 32.0 Å². The molecule has 0 atom stereocenters. The molecule has 0 radical (unpaired) electrons. The van der Waals surface area contributed by atoms with Crippen LogP contribution in [0.25, 0.3) is 0 Å². The van der Waals surface area contributed by atoms with Crippen LogP contribution in [0.2, 0.25) is 0 Å². The molecule has 0 spiro atoms. The van der Waals surface area contributed by atoms with Gasteiger partial charge in [0.05, 0.1) is 19.9 Å². The van der Waals surface area contributed by atoms with E-state index >= 15 is 0 Å². The highest BCUT2D eigenvalue weighted by Gasteiger charge is 2.17. The lowest BCUT2D eigenvalue weighted by atomic mass is 10.1. The molecule has 0 aliphatic carbocycles. The van der Waals surface area contributed by atoms with E-state index in [0.29, 0.717) is 30.4 Å². The van der Waals surface area contributed by atoms with Gasteiger partial charge in [-0.05, 0) is 48.2 Å². The lowest BCUT2D eigenvalue weighted by Gasteiger charge is -2.36. The Bertz CT molecular complexity index is 894. The highest BCUT2D eigenvalue weighted by molar-refractivity contribution is 5.83. The molecule has 7 nitrogen and oxygen atoms in total. The fraction of sp³-hybridized carbons (Fsp3) is 0.462. The molecule has 7 heteroatoms. The number of nitrogens with zero attached hydrogens (tertiary/aromatic N) is 3. The van der Waals surface area contributed by atoms with Crippen LogP contribution in [0.5, 0.6) is 11.5 Å². The van der Waals surface area contributed by atoms with Crippen molar-refractivity contribution >= 4 is 17.8 Å². The zero-order valence-electron chi connectivity index (χ0n) is 20.0. The van der Waals surface area contributed by atoms with E-state index in [2.05, 4.69) is 58.4 Å². The molecule has 1 heterocycles. The van der Waals surface area contributed by atoms with E-state index in [1.54, 1.807) is 13.3 Å². The van der Waals surface area contributed by atoms with Crippen LogP contribution in [0, 0.1) is 5.92 Å². The van der Waals surface area contributed by atoms with Crippen molar-refractivity contribution in [3.8, 4) is 11.5 Å². The van der Waals surface area contributed by atoms with Gasteiger partial charge in [-0.25, -0.2) is 5.43 Å². The first-order valence-electron chi connectivity index (χ1n) is 11.7. The highest BCUT2D eigenvalue weighted by atomic mass is 16.5. The Morgan fingerprint density at radius 2 is 1.85 bits per heavy atom. The van der Waals surface area contributed by atoms with Crippen LogP contribution < -0.4 is 19.8 Å². The summed E-state index contributed by atoms with van der Waals surface area (Å²) in [6, 6.07) is 16.1. The van der Waals surface area contributed by atoms with Gasteiger partial charge in [0.2, 0.25) is 5.91 Å². The SMILES string of the molecule is COc1cc(/C=N\NC(=O)CCN2CCN(c3ccccc3)CC2)ccc1OCCC(C)C. The maximum absolute atomic E-state index is 12.2. The Kier molecular flexibility index (Phi) is 9.57. The van der Waals surface area contributed by atoms with Gasteiger partial charge in [-0.15, -0.1) is 0 Å². The van der Waals surface area contributed by atoms with E-state index < -0.39 is 0 Å². The molecule has 2 aromatic rings. The molecule has 33 heavy (non-hydrogen) atoms. The second-order valence-corrected chi connectivity index (χ2v) is 8.65. The zero-order valence-corrected chi connectivity index (χ0v) is 20.0. The van der Waals surface area contributed by atoms with E-state index in [0.717, 1.165) is 44.7 Å². The average Bonchev–Trinajstić information content (AvgIpc) is 2.84. The molecular weight excluding hydrogens is 416 g/mol. The van der Waals surface area contributed by atoms with Gasteiger partial charge in [0.1, 0.15) is 0 Å². The van der Waals surface area contributed by atoms with Crippen molar-refractivity contribution in [1.29, 1.82) is 0 Å². The minimum Gasteiger partial charge on any atom is -0.493 e. The number of anilines is 1. The molecule has 1 amide bonds. The van der Waals surface area contributed by atoms with Crippen molar-refractivity contribution in [2.45, 2.75) is 26.7 Å². The van der Waals surface area contributed by atoms with Crippen molar-refractivity contribution in [3.05, 3.63) is 54.1 Å². The van der Waals surface area contributed by atoms with Crippen molar-refractivity contribution in [2.24, 2.45) is 11.0 Å². The largest absolute Gasteiger partial charge is 0.493 e. The first kappa shape index (κ1) is 24.6. The van der Waals surface area contributed by atoms with E-state index in [-0.39, 0.29) is 5.91 Å². The summed E-state index contributed by atoms with van der Waals surface area (Å²) in [6.07, 6.45) is 3.03. The highest BCUT2D eigenvalue weighted by Crippen LogP contribution is 2.28. The number of benzene rings is 2. The van der Waals surface area contributed by atoms with Crippen LogP contribution in [0.3, 0.4) is 0 Å². The lowest BCUT2D eigenvalue weighted by molar-refractivity contribution is -0.121. The summed E-state index contributed by atoms with van der Waals surface area (Å²) >= 11 is 0. The molecular formula is C26H36N4O3. The number of carbonyl (C=O) groups is 1. The molecule has 1 aliphatic rings. The number of nitrogens with one attached hydrogen (secondary N) is 1. The van der Waals surface area contributed by atoms with Gasteiger partial charge in [0.15, 0.2) is 11.5 Å². The topological polar surface area (TPSA) is 66.4 Å². The van der Waals surface area contributed by atoms with Gasteiger partial charge in [-0.3, -0.25) is 9.69 Å². The number of hydrogen-bond acceptors (Lipinski definition) is 6. The first-order chi connectivity index (χ1) is 16.0. The third-order valence-corrected chi connectivity index (χ3v) is 5.69. The third kappa shape index (κ3) is 8.09. The Hall–Kier alpha value is -3.06. The Morgan fingerprint density at radius 3 is 2.55 bits per heavy atom. The van der Waals surface area contributed by atoms with Crippen LogP contribution in [0.4, 0.5) is 5.69 Å². The second kappa shape index (κ2) is 12.8. The van der Waals surface area contributed by atoms with Gasteiger partial charge in [0.25, 0.3) is 0 Å². The number of amides is 1. The van der Waals surface area contributed by atoms with Crippen LogP contribution in [-0.2, 0) is 4.79 Å². The minimum absolute atomic E-state index is 0.0858. The molecule has 1 N–H and O–H groups in total. The number of carbonyl (C=O) groups excluding carboxylic acids is 1. The number of rotatable bonds is 11. The number of methoxy groups -OCH3 is 1. The number of hydrazone groups is 1. The molecule has 0 bridgehead atoms. The summed E-state index contributed by atoms with van der Waals surface area (Å²) in [5.41, 5.74) is 4.72. The summed E-state index contributed by atoms with van der Waals surface area (Å²) in [7, 11) is 1.62. The molecule has 0 unspecified atom stereocenters. The Balaban J connectivity index is 1.38. The van der Waals surface area contributed by atoms with Gasteiger partial charge in [0, 0.05) is 44.8 Å². The van der Waals surface area contributed by atoms with Crippen LogP contribution in [0.1, 0.15) is 32.3 Å². The molecule has 2 aromatic carbocycles. The summed E-state index contributed by atoms with van der Waals surface area (Å²) in [5.74, 6) is 1.87. The predicted molar refractivity (Wildman–Crippen MR) is 133 cm³/mol. The Morgan fingerprint density at radius 1 is 1.09 bits per heavy atom. The zero-order chi connectivity index (χ0) is 23.5. The number of ether oxygens (including phenoxy) is 2. The van der Waals surface area contributed by atoms with Gasteiger partial charge in [-0.2, -0.15) is 5.10 Å². The number of hydrogen-bond donors (Lipinski definition) is 1. The summed E-state index contributed by atoms with van der Waals surface area (Å²) < 4.78 is 11.2. The van der Waals surface area contributed by atoms with Gasteiger partial charge >= 0.3 is 0 Å². The van der Waals surface area contributed by atoms with Gasteiger partial charge < -0.3 is 14.4 Å². The fourth-order valence-corrected chi connectivity index (χ4v) is 3.65. The van der Waals surface area contributed by atoms with Crippen molar-refractivity contribution in [3.63, 3.8) is 0 Å². The van der Waals surface area contributed by atoms with E-state index in [4.69, 9.17) is 9.47 Å². The number of para-hydroxylation sites is 1. The van der Waals surface area contributed by atoms with E-state index in [1.165, 1.54) is 5.69 Å². The normalized spacial score (nSPS) is 14.6. The fourth-order valence-electron chi connectivity index (χ4n) is 3.65. The molecule has 1 aliphatic heterocycles. The average molecular weight is 453 g/mol. The maximum atomic E-state index is 12.2. The van der Waals surface area contributed by atoms with Crippen molar-refractivity contribution in [2.75, 3.05) is 51.3 Å². The van der Waals surface area contributed by atoms with Crippen LogP contribution in [0.15, 0.2) is 53.6 Å². The monoisotopic (exact) mass is 452 g/mol. The lowest BCUT2D eigenvalue weighted by Crippen LogP contribution is -2.47. The summed E-state index contributed by atoms with van der Waals surface area (Å²) in [6.45, 7) is 9.58. The maximum Gasteiger partial charge on any atom is 0.241 e. The van der Waals surface area contributed by atoms with Crippen LogP contribution >= 0.6 is 0 Å². The molecule has 0 aromatic heterocycles. The molecule has 3 rings (SSSR count). The van der Waals surface area contributed by atoms with Crippen molar-refractivity contribution < 1.29 is 14.3 Å². The molecule has 0 saturated carbocycles. The predicted octanol–water partition coefficient (Wildman–Crippen LogP) is 3.78. The Labute approximate surface area is 197 Å². The smallest absolute Gasteiger partial charge is 0.241 e. The summed E-state index contributed by atoms with van der Waals surface area (Å²) in [5, 5.41) is 4.10. The quantitative estimate of drug-likeness (QED) is 0.415. The molecule has 178 valence electrons. The molecule has 1 saturated heterocycles. The first-order valence-corrected chi connectivity index (χ1v) is 11.7. The van der Waals surface area contributed by atoms with E-state index in [9.17, 15) is 4.79 Å². The summed E-state index contributed by atoms with van der Waals surface area (Å²) in [4.78, 5) is 16.9.